The minimum absolute atomic E-state index is 0.329. The van der Waals surface area contributed by atoms with E-state index in [9.17, 15) is 13.2 Å². The number of hydrogen-bond donors (Lipinski definition) is 0. The number of carbonyl (C=O) groups is 1. The molecule has 0 aromatic heterocycles. The summed E-state index contributed by atoms with van der Waals surface area (Å²) in [7, 11) is -3.14. The topological polar surface area (TPSA) is 51.2 Å². The predicted octanol–water partition coefficient (Wildman–Crippen LogP) is 1.75. The molecule has 3 nitrogen and oxygen atoms in total. The van der Waals surface area contributed by atoms with Crippen LogP contribution in [0, 0.1) is 0 Å². The molecule has 1 unspecified atom stereocenters. The molecule has 1 aromatic carbocycles. The molecule has 1 aliphatic heterocycles. The van der Waals surface area contributed by atoms with Crippen LogP contribution < -0.4 is 0 Å². The van der Waals surface area contributed by atoms with E-state index in [4.69, 9.17) is 0 Å². The Kier molecular flexibility index (Phi) is 3.10. The van der Waals surface area contributed by atoms with Gasteiger partial charge in [-0.25, -0.2) is 8.42 Å². The summed E-state index contributed by atoms with van der Waals surface area (Å²) in [6.07, 6.45) is 3.12. The van der Waals surface area contributed by atoms with Crippen molar-refractivity contribution in [2.24, 2.45) is 0 Å². The molecular weight excluding hydrogens is 224 g/mol. The molecule has 0 bridgehead atoms. The van der Waals surface area contributed by atoms with E-state index in [1.54, 1.807) is 12.1 Å². The number of rotatable bonds is 4. The molecule has 1 aliphatic rings. The fourth-order valence-corrected chi connectivity index (χ4v) is 4.19. The van der Waals surface area contributed by atoms with Gasteiger partial charge in [-0.15, -0.1) is 0 Å². The van der Waals surface area contributed by atoms with Crippen LogP contribution in [0.4, 0.5) is 0 Å². The van der Waals surface area contributed by atoms with E-state index in [-0.39, 0.29) is 5.25 Å². The second kappa shape index (κ2) is 4.37. The molecule has 0 saturated carbocycles. The van der Waals surface area contributed by atoms with Crippen molar-refractivity contribution in [1.29, 1.82) is 0 Å². The molecule has 0 amide bonds. The van der Waals surface area contributed by atoms with Gasteiger partial charge in [0.1, 0.15) is 6.29 Å². The summed E-state index contributed by atoms with van der Waals surface area (Å²) in [4.78, 5) is 10.7. The smallest absolute Gasteiger partial charge is 0.181 e. The molecule has 0 aliphatic carbocycles. The number of carbonyl (C=O) groups excluding carboxylic acids is 1. The minimum Gasteiger partial charge on any atom is -0.303 e. The first-order valence-corrected chi connectivity index (χ1v) is 6.96. The van der Waals surface area contributed by atoms with Crippen LogP contribution in [0.5, 0.6) is 0 Å². The monoisotopic (exact) mass is 238 g/mol. The number of hydrogen-bond acceptors (Lipinski definition) is 3. The molecule has 1 aromatic rings. The van der Waals surface area contributed by atoms with Crippen molar-refractivity contribution in [2.75, 3.05) is 0 Å². The lowest BCUT2D eigenvalue weighted by Gasteiger charge is -2.07. The Morgan fingerprint density at radius 1 is 1.31 bits per heavy atom. The average Bonchev–Trinajstić information content (AvgIpc) is 2.52. The van der Waals surface area contributed by atoms with E-state index >= 15 is 0 Å². The van der Waals surface area contributed by atoms with Gasteiger partial charge in [-0.3, -0.25) is 0 Å². The van der Waals surface area contributed by atoms with Crippen LogP contribution in [0.2, 0.25) is 0 Å². The lowest BCUT2D eigenvalue weighted by molar-refractivity contribution is -0.107. The maximum atomic E-state index is 12.1. The van der Waals surface area contributed by atoms with Crippen LogP contribution in [0.15, 0.2) is 29.2 Å². The van der Waals surface area contributed by atoms with Gasteiger partial charge in [0.15, 0.2) is 9.84 Å². The Morgan fingerprint density at radius 3 is 2.75 bits per heavy atom. The number of aldehydes is 1. The second-order valence-electron chi connectivity index (χ2n) is 4.08. The molecule has 0 fully saturated rings. The van der Waals surface area contributed by atoms with Gasteiger partial charge in [0.05, 0.1) is 10.1 Å². The number of sulfone groups is 1. The van der Waals surface area contributed by atoms with Crippen molar-refractivity contribution >= 4 is 16.1 Å². The summed E-state index contributed by atoms with van der Waals surface area (Å²) in [6.45, 7) is 0. The van der Waals surface area contributed by atoms with Crippen LogP contribution >= 0.6 is 0 Å². The molecule has 0 N–H and O–H groups in total. The first-order valence-electron chi connectivity index (χ1n) is 5.41. The van der Waals surface area contributed by atoms with Crippen LogP contribution in [0.3, 0.4) is 0 Å². The van der Waals surface area contributed by atoms with Gasteiger partial charge in [-0.2, -0.15) is 0 Å². The molecule has 0 spiro atoms. The Labute approximate surface area is 95.4 Å². The molecular formula is C12H14O3S. The molecule has 4 heteroatoms. The highest BCUT2D eigenvalue weighted by Crippen LogP contribution is 2.33. The van der Waals surface area contributed by atoms with Crippen LogP contribution in [0.1, 0.15) is 24.8 Å². The molecule has 0 saturated heterocycles. The first kappa shape index (κ1) is 11.3. The Hall–Kier alpha value is -1.16. The van der Waals surface area contributed by atoms with Crippen molar-refractivity contribution in [2.45, 2.75) is 35.8 Å². The van der Waals surface area contributed by atoms with Crippen molar-refractivity contribution < 1.29 is 13.2 Å². The number of fused-ring (bicyclic) bond motifs is 1. The highest BCUT2D eigenvalue weighted by molar-refractivity contribution is 7.92. The second-order valence-corrected chi connectivity index (χ2v) is 6.27. The molecule has 0 radical (unpaired) electrons. The van der Waals surface area contributed by atoms with E-state index in [1.165, 1.54) is 0 Å². The van der Waals surface area contributed by atoms with Crippen molar-refractivity contribution in [3.63, 3.8) is 0 Å². The number of unbranched alkanes of at least 4 members (excludes halogenated alkanes) is 1. The van der Waals surface area contributed by atoms with Gasteiger partial charge in [0.25, 0.3) is 0 Å². The molecule has 1 heterocycles. The van der Waals surface area contributed by atoms with E-state index in [0.29, 0.717) is 30.6 Å². The largest absolute Gasteiger partial charge is 0.303 e. The summed E-state index contributed by atoms with van der Waals surface area (Å²) in [6, 6.07) is 7.16. The third kappa shape index (κ3) is 1.89. The standard InChI is InChI=1S/C12H14O3S/c13-8-4-3-6-11-9-10-5-1-2-7-12(10)16(11,14)15/h1-2,5,7-8,11H,3-4,6,9H2. The Bertz CT molecular complexity index is 491. The van der Waals surface area contributed by atoms with E-state index in [1.807, 2.05) is 12.1 Å². The normalized spacial score (nSPS) is 21.6. The van der Waals surface area contributed by atoms with Crippen molar-refractivity contribution in [3.05, 3.63) is 29.8 Å². The quantitative estimate of drug-likeness (QED) is 0.593. The van der Waals surface area contributed by atoms with Crippen LogP contribution in [-0.2, 0) is 21.1 Å². The van der Waals surface area contributed by atoms with Crippen LogP contribution in [-0.4, -0.2) is 20.0 Å². The van der Waals surface area contributed by atoms with Gasteiger partial charge < -0.3 is 4.79 Å². The van der Waals surface area contributed by atoms with E-state index in [2.05, 4.69) is 0 Å². The third-order valence-electron chi connectivity index (χ3n) is 3.01. The Morgan fingerprint density at radius 2 is 2.06 bits per heavy atom. The fraction of sp³-hybridized carbons (Fsp3) is 0.417. The zero-order valence-corrected chi connectivity index (χ0v) is 9.74. The average molecular weight is 238 g/mol. The zero-order valence-electron chi connectivity index (χ0n) is 8.93. The Balaban J connectivity index is 2.20. The zero-order chi connectivity index (χ0) is 11.6. The van der Waals surface area contributed by atoms with Gasteiger partial charge in [-0.1, -0.05) is 18.2 Å². The summed E-state index contributed by atoms with van der Waals surface area (Å²) in [5.74, 6) is 0. The van der Waals surface area contributed by atoms with Gasteiger partial charge in [0.2, 0.25) is 0 Å². The molecule has 86 valence electrons. The van der Waals surface area contributed by atoms with Crippen molar-refractivity contribution in [3.8, 4) is 0 Å². The highest BCUT2D eigenvalue weighted by atomic mass is 32.2. The summed E-state index contributed by atoms with van der Waals surface area (Å²) >= 11 is 0. The lowest BCUT2D eigenvalue weighted by atomic mass is 10.1. The fourth-order valence-electron chi connectivity index (χ4n) is 2.17. The van der Waals surface area contributed by atoms with Crippen molar-refractivity contribution in [1.82, 2.24) is 0 Å². The molecule has 1 atom stereocenters. The SMILES string of the molecule is O=CCCCC1Cc2ccccc2S1(=O)=O. The van der Waals surface area contributed by atoms with Gasteiger partial charge >= 0.3 is 0 Å². The van der Waals surface area contributed by atoms with Crippen LogP contribution in [0.25, 0.3) is 0 Å². The van der Waals surface area contributed by atoms with Gasteiger partial charge in [-0.05, 0) is 30.9 Å². The maximum Gasteiger partial charge on any atom is 0.181 e. The van der Waals surface area contributed by atoms with E-state index in [0.717, 1.165) is 11.8 Å². The third-order valence-corrected chi connectivity index (χ3v) is 5.30. The lowest BCUT2D eigenvalue weighted by Crippen LogP contribution is -2.16. The first-order chi connectivity index (χ1) is 7.66. The summed E-state index contributed by atoms with van der Waals surface area (Å²) < 4.78 is 24.2. The minimum atomic E-state index is -3.14. The highest BCUT2D eigenvalue weighted by Gasteiger charge is 2.35. The summed E-state index contributed by atoms with van der Waals surface area (Å²) in [5, 5.41) is -0.329. The summed E-state index contributed by atoms with van der Waals surface area (Å²) in [5.41, 5.74) is 0.915. The van der Waals surface area contributed by atoms with Gasteiger partial charge in [0, 0.05) is 6.42 Å². The molecule has 16 heavy (non-hydrogen) atoms. The number of benzene rings is 1. The molecule has 2 rings (SSSR count). The van der Waals surface area contributed by atoms with E-state index < -0.39 is 9.84 Å². The predicted molar refractivity (Wildman–Crippen MR) is 61.0 cm³/mol. The maximum absolute atomic E-state index is 12.1.